The third kappa shape index (κ3) is 13.8. The molecular formula is C24H34O6. The van der Waals surface area contributed by atoms with Crippen LogP contribution in [-0.2, 0) is 9.53 Å². The zero-order chi connectivity index (χ0) is 22.2. The number of allylic oxidation sites excluding steroid dienone is 8. The molecule has 0 bridgehead atoms. The second-order valence-corrected chi connectivity index (χ2v) is 7.33. The van der Waals surface area contributed by atoms with E-state index in [4.69, 9.17) is 4.74 Å². The van der Waals surface area contributed by atoms with Gasteiger partial charge >= 0.3 is 5.97 Å². The summed E-state index contributed by atoms with van der Waals surface area (Å²) in [6.07, 6.45) is 18.3. The van der Waals surface area contributed by atoms with Crippen molar-refractivity contribution in [3.05, 3.63) is 72.9 Å². The maximum atomic E-state index is 12.0. The molecule has 0 aromatic rings. The van der Waals surface area contributed by atoms with Gasteiger partial charge in [-0.15, -0.1) is 0 Å². The normalized spacial score (nSPS) is 34.9. The molecule has 30 heavy (non-hydrogen) atoms. The molecule has 0 aromatic carbocycles. The Morgan fingerprint density at radius 1 is 0.900 bits per heavy atom. The average Bonchev–Trinajstić information content (AvgIpc) is 2.64. The molecule has 1 rings (SSSR count). The van der Waals surface area contributed by atoms with E-state index < -0.39 is 36.5 Å². The summed E-state index contributed by atoms with van der Waals surface area (Å²) >= 11 is 0. The standard InChI is InChI=1S/C24H34O6/c1-19(25)16-23-14-10-6-2-4-8-12-20(26)17-22(28)18-21(27)13-9-5-3-7-11-15-24(29)30-23/h2-12,15,19-23,25-28H,13-14,16-18H2,1H3/b4-2+,7-3+,9-5+,10-6+,12-8+,15-11+/t19-,20-,21-,22+,23+/m0/s1. The van der Waals surface area contributed by atoms with Crippen molar-refractivity contribution in [1.82, 2.24) is 0 Å². The molecule has 0 fully saturated rings. The Labute approximate surface area is 178 Å². The molecule has 0 spiro atoms. The largest absolute Gasteiger partial charge is 0.459 e. The highest BCUT2D eigenvalue weighted by molar-refractivity contribution is 5.82. The van der Waals surface area contributed by atoms with Crippen LogP contribution in [-0.4, -0.2) is 56.9 Å². The lowest BCUT2D eigenvalue weighted by Crippen LogP contribution is -2.21. The van der Waals surface area contributed by atoms with Crippen LogP contribution in [0.3, 0.4) is 0 Å². The molecule has 6 heteroatoms. The lowest BCUT2D eigenvalue weighted by molar-refractivity contribution is -0.144. The molecule has 0 amide bonds. The number of carbonyl (C=O) groups is 1. The molecule has 0 saturated heterocycles. The highest BCUT2D eigenvalue weighted by Crippen LogP contribution is 2.11. The van der Waals surface area contributed by atoms with Crippen LogP contribution >= 0.6 is 0 Å². The predicted molar refractivity (Wildman–Crippen MR) is 118 cm³/mol. The van der Waals surface area contributed by atoms with Crippen LogP contribution in [0.25, 0.3) is 0 Å². The number of rotatable bonds is 2. The van der Waals surface area contributed by atoms with Crippen molar-refractivity contribution in [3.63, 3.8) is 0 Å². The van der Waals surface area contributed by atoms with Crippen LogP contribution in [0, 0.1) is 0 Å². The average molecular weight is 419 g/mol. The van der Waals surface area contributed by atoms with Gasteiger partial charge in [0.1, 0.15) is 6.10 Å². The van der Waals surface area contributed by atoms with E-state index >= 15 is 0 Å². The molecule has 6 nitrogen and oxygen atoms in total. The van der Waals surface area contributed by atoms with E-state index in [1.807, 2.05) is 6.08 Å². The number of cyclic esters (lactones) is 1. The van der Waals surface area contributed by atoms with Crippen LogP contribution in [0.15, 0.2) is 72.9 Å². The third-order valence-electron chi connectivity index (χ3n) is 4.26. The van der Waals surface area contributed by atoms with Crippen molar-refractivity contribution in [2.75, 3.05) is 0 Å². The Kier molecular flexibility index (Phi) is 13.4. The van der Waals surface area contributed by atoms with Gasteiger partial charge in [0.15, 0.2) is 0 Å². The first-order chi connectivity index (χ1) is 14.4. The summed E-state index contributed by atoms with van der Waals surface area (Å²) in [4.78, 5) is 12.0. The second kappa shape index (κ2) is 15.6. The van der Waals surface area contributed by atoms with Gasteiger partial charge in [0.2, 0.25) is 0 Å². The summed E-state index contributed by atoms with van der Waals surface area (Å²) in [5.74, 6) is -0.485. The summed E-state index contributed by atoms with van der Waals surface area (Å²) in [7, 11) is 0. The monoisotopic (exact) mass is 418 g/mol. The highest BCUT2D eigenvalue weighted by atomic mass is 16.5. The fraction of sp³-hybridized carbons (Fsp3) is 0.458. The summed E-state index contributed by atoms with van der Waals surface area (Å²) in [6, 6.07) is 0. The van der Waals surface area contributed by atoms with Gasteiger partial charge in [0.25, 0.3) is 0 Å². The van der Waals surface area contributed by atoms with E-state index in [9.17, 15) is 25.2 Å². The first kappa shape index (κ1) is 25.8. The van der Waals surface area contributed by atoms with E-state index in [0.29, 0.717) is 19.3 Å². The lowest BCUT2D eigenvalue weighted by Gasteiger charge is -2.16. The van der Waals surface area contributed by atoms with Crippen LogP contribution in [0.2, 0.25) is 0 Å². The molecule has 0 saturated carbocycles. The van der Waals surface area contributed by atoms with Crippen molar-refractivity contribution < 1.29 is 30.0 Å². The van der Waals surface area contributed by atoms with Gasteiger partial charge in [0.05, 0.1) is 24.4 Å². The third-order valence-corrected chi connectivity index (χ3v) is 4.26. The number of esters is 1. The van der Waals surface area contributed by atoms with Gasteiger partial charge in [-0.3, -0.25) is 0 Å². The number of aliphatic hydroxyl groups excluding tert-OH is 4. The number of carbonyl (C=O) groups excluding carboxylic acids is 1. The van der Waals surface area contributed by atoms with Crippen LogP contribution in [0.4, 0.5) is 0 Å². The SMILES string of the molecule is C[C@H](O)C[C@H]1C/C=C/C=C/C=C/[C@H](O)C[C@@H](O)C[C@@H](O)C/C=C/C=C/C=C/C(=O)O1. The van der Waals surface area contributed by atoms with E-state index in [2.05, 4.69) is 0 Å². The molecule has 1 aliphatic rings. The van der Waals surface area contributed by atoms with E-state index in [1.165, 1.54) is 6.08 Å². The topological polar surface area (TPSA) is 107 Å². The van der Waals surface area contributed by atoms with Gasteiger partial charge in [-0.2, -0.15) is 0 Å². The van der Waals surface area contributed by atoms with Crippen molar-refractivity contribution in [1.29, 1.82) is 0 Å². The summed E-state index contributed by atoms with van der Waals surface area (Å²) < 4.78 is 5.40. The molecule has 0 aromatic heterocycles. The fourth-order valence-corrected chi connectivity index (χ4v) is 2.85. The number of aliphatic hydroxyl groups is 4. The zero-order valence-electron chi connectivity index (χ0n) is 17.5. The molecule has 4 N–H and O–H groups in total. The molecule has 1 aliphatic heterocycles. The minimum atomic E-state index is -0.807. The minimum Gasteiger partial charge on any atom is -0.459 e. The van der Waals surface area contributed by atoms with Gasteiger partial charge in [0, 0.05) is 25.3 Å². The number of hydrogen-bond donors (Lipinski definition) is 4. The van der Waals surface area contributed by atoms with Crippen LogP contribution in [0.5, 0.6) is 0 Å². The molecule has 1 heterocycles. The van der Waals surface area contributed by atoms with Gasteiger partial charge in [-0.05, 0) is 19.8 Å². The quantitative estimate of drug-likeness (QED) is 0.514. The molecule has 0 radical (unpaired) electrons. The maximum absolute atomic E-state index is 12.0. The van der Waals surface area contributed by atoms with Crippen molar-refractivity contribution in [2.45, 2.75) is 69.5 Å². The Bertz CT molecular complexity index is 657. The fourth-order valence-electron chi connectivity index (χ4n) is 2.85. The lowest BCUT2D eigenvalue weighted by atomic mass is 10.0. The summed E-state index contributed by atoms with van der Waals surface area (Å²) in [6.45, 7) is 1.65. The molecule has 0 aliphatic carbocycles. The smallest absolute Gasteiger partial charge is 0.331 e. The van der Waals surface area contributed by atoms with Crippen molar-refractivity contribution in [3.8, 4) is 0 Å². The van der Waals surface area contributed by atoms with Gasteiger partial charge in [-0.25, -0.2) is 4.79 Å². The Balaban J connectivity index is 2.82. The van der Waals surface area contributed by atoms with E-state index in [1.54, 1.807) is 67.7 Å². The molecule has 5 atom stereocenters. The van der Waals surface area contributed by atoms with Crippen molar-refractivity contribution in [2.24, 2.45) is 0 Å². The van der Waals surface area contributed by atoms with Crippen LogP contribution < -0.4 is 0 Å². The Morgan fingerprint density at radius 2 is 1.53 bits per heavy atom. The highest BCUT2D eigenvalue weighted by Gasteiger charge is 2.15. The summed E-state index contributed by atoms with van der Waals surface area (Å²) in [5.41, 5.74) is 0. The molecular weight excluding hydrogens is 384 g/mol. The second-order valence-electron chi connectivity index (χ2n) is 7.33. The van der Waals surface area contributed by atoms with Crippen LogP contribution in [0.1, 0.15) is 39.0 Å². The molecule has 0 unspecified atom stereocenters. The first-order valence-electron chi connectivity index (χ1n) is 10.3. The summed E-state index contributed by atoms with van der Waals surface area (Å²) in [5, 5.41) is 39.5. The van der Waals surface area contributed by atoms with E-state index in [0.717, 1.165) is 0 Å². The van der Waals surface area contributed by atoms with Gasteiger partial charge in [-0.1, -0.05) is 66.8 Å². The van der Waals surface area contributed by atoms with Gasteiger partial charge < -0.3 is 25.2 Å². The van der Waals surface area contributed by atoms with E-state index in [-0.39, 0.29) is 12.8 Å². The minimum absolute atomic E-state index is 0.151. The first-order valence-corrected chi connectivity index (χ1v) is 10.3. The van der Waals surface area contributed by atoms with Crippen molar-refractivity contribution >= 4 is 5.97 Å². The maximum Gasteiger partial charge on any atom is 0.331 e. The number of ether oxygens (including phenoxy) is 1. The predicted octanol–water partition coefficient (Wildman–Crippen LogP) is 2.66. The molecule has 166 valence electrons. The Hall–Kier alpha value is -2.25. The zero-order valence-corrected chi connectivity index (χ0v) is 17.5. The number of hydrogen-bond acceptors (Lipinski definition) is 6. The Morgan fingerprint density at radius 3 is 2.23 bits per heavy atom.